The van der Waals surface area contributed by atoms with Gasteiger partial charge in [-0.2, -0.15) is 9.59 Å². The fraction of sp³-hybridized carbons (Fsp3) is 0.171. The molecule has 252 valence electrons. The summed E-state index contributed by atoms with van der Waals surface area (Å²) in [4.78, 5) is 48.1. The highest BCUT2D eigenvalue weighted by atomic mass is 16.5. The number of carbonyl (C=O) groups excluding carboxylic acids is 3. The topological polar surface area (TPSA) is 122 Å². The van der Waals surface area contributed by atoms with Crippen LogP contribution < -0.4 is 0 Å². The number of aromatic nitrogens is 6. The first kappa shape index (κ1) is 33.0. The second-order valence-electron chi connectivity index (χ2n) is 11.9. The third-order valence-electron chi connectivity index (χ3n) is 9.03. The monoisotopic (exact) mass is 674 g/mol. The van der Waals surface area contributed by atoms with Gasteiger partial charge in [0.1, 0.15) is 5.69 Å². The molecule has 2 aromatic carbocycles. The second-order valence-corrected chi connectivity index (χ2v) is 11.9. The SMILES string of the molecule is CCOC(=O)c1cc2c3ccccc3n(CCCn3c4ccccc4c4cc(CC)nc(-c5cccnc5)c43)c2c(-c2cccnc2)n1.O=C=O. The van der Waals surface area contributed by atoms with Crippen LogP contribution >= 0.6 is 0 Å². The van der Waals surface area contributed by atoms with Gasteiger partial charge in [0.15, 0.2) is 0 Å². The molecule has 0 fully saturated rings. The van der Waals surface area contributed by atoms with E-state index in [-0.39, 0.29) is 12.8 Å². The number of fused-ring (bicyclic) bond motifs is 6. The highest BCUT2D eigenvalue weighted by Gasteiger charge is 2.22. The average Bonchev–Trinajstić information content (AvgIpc) is 3.67. The Morgan fingerprint density at radius 2 is 1.22 bits per heavy atom. The first-order valence-electron chi connectivity index (χ1n) is 16.9. The van der Waals surface area contributed by atoms with Gasteiger partial charge in [-0.25, -0.2) is 9.78 Å². The van der Waals surface area contributed by atoms with E-state index in [1.165, 1.54) is 16.3 Å². The predicted octanol–water partition coefficient (Wildman–Crippen LogP) is 8.06. The van der Waals surface area contributed by atoms with E-state index in [4.69, 9.17) is 24.3 Å². The van der Waals surface area contributed by atoms with E-state index in [9.17, 15) is 4.79 Å². The lowest BCUT2D eigenvalue weighted by atomic mass is 10.1. The molecule has 0 saturated carbocycles. The summed E-state index contributed by atoms with van der Waals surface area (Å²) in [6.07, 6.45) is 9.19. The molecule has 6 heterocycles. The minimum Gasteiger partial charge on any atom is -0.461 e. The minimum absolute atomic E-state index is 0.250. The van der Waals surface area contributed by atoms with E-state index in [0.29, 0.717) is 11.4 Å². The number of pyridine rings is 4. The number of ether oxygens (including phenoxy) is 1. The first-order chi connectivity index (χ1) is 25.1. The van der Waals surface area contributed by atoms with Gasteiger partial charge in [-0.1, -0.05) is 43.3 Å². The van der Waals surface area contributed by atoms with Crippen LogP contribution in [-0.4, -0.2) is 47.8 Å². The van der Waals surface area contributed by atoms with Gasteiger partial charge in [0.05, 0.1) is 29.0 Å². The third-order valence-corrected chi connectivity index (χ3v) is 9.03. The summed E-state index contributed by atoms with van der Waals surface area (Å²) in [6, 6.07) is 29.0. The maximum absolute atomic E-state index is 13.0. The number of benzene rings is 2. The Hall–Kier alpha value is -6.51. The molecule has 10 heteroatoms. The molecule has 0 aliphatic carbocycles. The van der Waals surface area contributed by atoms with Crippen molar-refractivity contribution in [3.8, 4) is 22.5 Å². The van der Waals surface area contributed by atoms with Crippen molar-refractivity contribution in [2.75, 3.05) is 6.61 Å². The van der Waals surface area contributed by atoms with Gasteiger partial charge in [0.25, 0.3) is 0 Å². The lowest BCUT2D eigenvalue weighted by molar-refractivity contribution is -0.191. The Bertz CT molecular complexity index is 2550. The molecule has 10 nitrogen and oxygen atoms in total. The minimum atomic E-state index is -0.433. The molecule has 51 heavy (non-hydrogen) atoms. The number of carbonyl (C=O) groups is 1. The largest absolute Gasteiger partial charge is 0.461 e. The zero-order valence-electron chi connectivity index (χ0n) is 28.2. The van der Waals surface area contributed by atoms with Gasteiger partial charge in [-0.05, 0) is 68.3 Å². The third kappa shape index (κ3) is 6.13. The van der Waals surface area contributed by atoms with Crippen molar-refractivity contribution in [3.05, 3.63) is 121 Å². The van der Waals surface area contributed by atoms with Gasteiger partial charge >= 0.3 is 12.1 Å². The zero-order chi connectivity index (χ0) is 35.3. The fourth-order valence-corrected chi connectivity index (χ4v) is 6.95. The van der Waals surface area contributed by atoms with Crippen LogP contribution in [0.1, 0.15) is 36.5 Å². The molecule has 0 atom stereocenters. The maximum atomic E-state index is 13.0. The Kier molecular flexibility index (Phi) is 9.41. The van der Waals surface area contributed by atoms with Crippen molar-refractivity contribution in [2.24, 2.45) is 0 Å². The maximum Gasteiger partial charge on any atom is 0.373 e. The lowest BCUT2D eigenvalue weighted by Crippen LogP contribution is -2.09. The van der Waals surface area contributed by atoms with Gasteiger partial charge in [-0.15, -0.1) is 0 Å². The van der Waals surface area contributed by atoms with E-state index in [1.807, 2.05) is 36.5 Å². The number of esters is 1. The molecule has 0 N–H and O–H groups in total. The van der Waals surface area contributed by atoms with Gasteiger partial charge in [0.2, 0.25) is 0 Å². The Morgan fingerprint density at radius 1 is 0.686 bits per heavy atom. The molecule has 0 saturated heterocycles. The molecule has 8 aromatic rings. The molecule has 0 bridgehead atoms. The van der Waals surface area contributed by atoms with E-state index in [1.54, 1.807) is 25.5 Å². The van der Waals surface area contributed by atoms with Crippen molar-refractivity contribution >= 4 is 55.7 Å². The van der Waals surface area contributed by atoms with Crippen molar-refractivity contribution in [2.45, 2.75) is 39.8 Å². The van der Waals surface area contributed by atoms with Gasteiger partial charge in [-0.3, -0.25) is 15.0 Å². The van der Waals surface area contributed by atoms with Crippen LogP contribution in [0.4, 0.5) is 0 Å². The quantitative estimate of drug-likeness (QED) is 0.141. The summed E-state index contributed by atoms with van der Waals surface area (Å²) in [5.74, 6) is -0.433. The van der Waals surface area contributed by atoms with E-state index >= 15 is 0 Å². The Labute approximate surface area is 293 Å². The van der Waals surface area contributed by atoms with Crippen molar-refractivity contribution in [3.63, 3.8) is 0 Å². The van der Waals surface area contributed by atoms with Crippen LogP contribution in [0.2, 0.25) is 0 Å². The van der Waals surface area contributed by atoms with Crippen LogP contribution in [0.25, 0.3) is 66.1 Å². The van der Waals surface area contributed by atoms with Crippen molar-refractivity contribution in [1.82, 2.24) is 29.1 Å². The highest BCUT2D eigenvalue weighted by molar-refractivity contribution is 6.14. The van der Waals surface area contributed by atoms with Gasteiger partial charge < -0.3 is 13.9 Å². The second kappa shape index (κ2) is 14.5. The number of para-hydroxylation sites is 2. The standard InChI is InChI=1S/C40H34N6O2.CO2/c1-3-28-22-31-29-14-5-7-16-34(29)45(38(31)36(43-28)26-12-9-18-41-24-26)20-11-21-46-35-17-8-6-15-30(35)32-23-33(40(47)48-4-2)44-37(39(32)46)27-13-10-19-42-25-27;2-1-3/h5-10,12-19,22-25H,3-4,11,20-21H2,1-2H3;. The smallest absolute Gasteiger partial charge is 0.373 e. The summed E-state index contributed by atoms with van der Waals surface area (Å²) in [5, 5.41) is 4.47. The van der Waals surface area contributed by atoms with E-state index in [2.05, 4.69) is 80.6 Å². The summed E-state index contributed by atoms with van der Waals surface area (Å²) in [6.45, 7) is 5.74. The average molecular weight is 675 g/mol. The van der Waals surface area contributed by atoms with Crippen molar-refractivity contribution in [1.29, 1.82) is 0 Å². The summed E-state index contributed by atoms with van der Waals surface area (Å²) in [5.41, 5.74) is 9.26. The molecule has 0 radical (unpaired) electrons. The molecule has 0 spiro atoms. The molecular formula is C41H34N6O4. The van der Waals surface area contributed by atoms with Crippen LogP contribution in [0.3, 0.4) is 0 Å². The van der Waals surface area contributed by atoms with Crippen LogP contribution in [0.5, 0.6) is 0 Å². The predicted molar refractivity (Wildman–Crippen MR) is 196 cm³/mol. The van der Waals surface area contributed by atoms with Crippen LogP contribution in [0, 0.1) is 0 Å². The summed E-state index contributed by atoms with van der Waals surface area (Å²) >= 11 is 0. The van der Waals surface area contributed by atoms with Crippen LogP contribution in [-0.2, 0) is 33.8 Å². The molecule has 0 unspecified atom stereocenters. The fourth-order valence-electron chi connectivity index (χ4n) is 6.95. The molecule has 8 rings (SSSR count). The van der Waals surface area contributed by atoms with E-state index in [0.717, 1.165) is 75.8 Å². The normalized spacial score (nSPS) is 11.1. The van der Waals surface area contributed by atoms with Crippen LogP contribution in [0.15, 0.2) is 110 Å². The lowest BCUT2D eigenvalue weighted by Gasteiger charge is -2.14. The molecule has 0 aliphatic heterocycles. The number of nitrogens with zero attached hydrogens (tertiary/aromatic N) is 6. The van der Waals surface area contributed by atoms with Gasteiger partial charge in [0, 0.05) is 87.3 Å². The molecule has 0 amide bonds. The summed E-state index contributed by atoms with van der Waals surface area (Å²) < 4.78 is 10.2. The highest BCUT2D eigenvalue weighted by Crippen LogP contribution is 2.38. The number of hydrogen-bond donors (Lipinski definition) is 0. The Balaban J connectivity index is 0.00000131. The first-order valence-corrected chi connectivity index (χ1v) is 16.9. The zero-order valence-corrected chi connectivity index (χ0v) is 28.2. The molecular weight excluding hydrogens is 640 g/mol. The van der Waals surface area contributed by atoms with Crippen molar-refractivity contribution < 1.29 is 19.1 Å². The number of hydrogen-bond acceptors (Lipinski definition) is 8. The summed E-state index contributed by atoms with van der Waals surface area (Å²) in [7, 11) is 0. The Morgan fingerprint density at radius 3 is 1.73 bits per heavy atom. The molecule has 6 aromatic heterocycles. The van der Waals surface area contributed by atoms with E-state index < -0.39 is 5.97 Å². The number of rotatable bonds is 9. The molecule has 0 aliphatic rings. The number of aryl methyl sites for hydroxylation is 3.